The maximum absolute atomic E-state index is 5.46. The van der Waals surface area contributed by atoms with Crippen LogP contribution in [-0.2, 0) is 12.8 Å². The quantitative estimate of drug-likeness (QED) is 0.782. The molecule has 0 radical (unpaired) electrons. The first kappa shape index (κ1) is 11.7. The summed E-state index contributed by atoms with van der Waals surface area (Å²) in [5.74, 6) is 0.733. The molecule has 14 heavy (non-hydrogen) atoms. The molecule has 1 rings (SSSR count). The highest BCUT2D eigenvalue weighted by molar-refractivity contribution is 7.80. The molecule has 0 fully saturated rings. The van der Waals surface area contributed by atoms with Gasteiger partial charge in [0.1, 0.15) is 0 Å². The number of hydrogen-bond donors (Lipinski definition) is 1. The van der Waals surface area contributed by atoms with E-state index in [1.165, 1.54) is 16.2 Å². The molecule has 0 aliphatic carbocycles. The first-order valence-corrected chi connectivity index (χ1v) is 6.16. The highest BCUT2D eigenvalue weighted by Gasteiger charge is 2.02. The molecule has 1 nitrogen and oxygen atoms in total. The zero-order valence-electron chi connectivity index (χ0n) is 8.75. The molecule has 0 aliphatic heterocycles. The highest BCUT2D eigenvalue weighted by atomic mass is 32.1. The predicted octanol–water partition coefficient (Wildman–Crippen LogP) is 3.17. The predicted molar refractivity (Wildman–Crippen MR) is 68.0 cm³/mol. The fourth-order valence-electron chi connectivity index (χ4n) is 1.32. The number of aryl methyl sites for hydroxylation is 1. The third kappa shape index (κ3) is 4.20. The van der Waals surface area contributed by atoms with Crippen molar-refractivity contribution in [2.24, 2.45) is 11.7 Å². The Morgan fingerprint density at radius 2 is 2.07 bits per heavy atom. The van der Waals surface area contributed by atoms with Crippen molar-refractivity contribution in [3.63, 3.8) is 0 Å². The van der Waals surface area contributed by atoms with Crippen LogP contribution in [0.1, 0.15) is 30.0 Å². The van der Waals surface area contributed by atoms with Crippen LogP contribution in [0.4, 0.5) is 0 Å². The van der Waals surface area contributed by atoms with Crippen LogP contribution in [-0.4, -0.2) is 4.99 Å². The Morgan fingerprint density at radius 1 is 1.43 bits per heavy atom. The fraction of sp³-hybridized carbons (Fsp3) is 0.545. The van der Waals surface area contributed by atoms with Gasteiger partial charge in [-0.05, 0) is 30.9 Å². The molecule has 0 amide bonds. The van der Waals surface area contributed by atoms with Gasteiger partial charge in [-0.3, -0.25) is 0 Å². The molecule has 1 aromatic rings. The van der Waals surface area contributed by atoms with Crippen LogP contribution in [0, 0.1) is 5.92 Å². The van der Waals surface area contributed by atoms with E-state index in [4.69, 9.17) is 18.0 Å². The summed E-state index contributed by atoms with van der Waals surface area (Å²) in [5, 5.41) is 0. The van der Waals surface area contributed by atoms with Gasteiger partial charge >= 0.3 is 0 Å². The Morgan fingerprint density at radius 3 is 2.64 bits per heavy atom. The normalized spacial score (nSPS) is 10.8. The minimum absolute atomic E-state index is 0.615. The molecule has 78 valence electrons. The lowest BCUT2D eigenvalue weighted by atomic mass is 10.1. The molecule has 1 aromatic heterocycles. The van der Waals surface area contributed by atoms with E-state index in [1.54, 1.807) is 0 Å². The third-order valence-corrected chi connectivity index (χ3v) is 3.32. The van der Waals surface area contributed by atoms with E-state index in [2.05, 4.69) is 26.0 Å². The van der Waals surface area contributed by atoms with Crippen LogP contribution >= 0.6 is 23.6 Å². The molecule has 0 saturated heterocycles. The maximum Gasteiger partial charge on any atom is 0.0730 e. The van der Waals surface area contributed by atoms with Gasteiger partial charge in [-0.25, -0.2) is 0 Å². The highest BCUT2D eigenvalue weighted by Crippen LogP contribution is 2.20. The lowest BCUT2D eigenvalue weighted by Gasteiger charge is -1.99. The average molecular weight is 227 g/mol. The topological polar surface area (TPSA) is 26.0 Å². The average Bonchev–Trinajstić information content (AvgIpc) is 2.47. The summed E-state index contributed by atoms with van der Waals surface area (Å²) in [4.78, 5) is 3.48. The van der Waals surface area contributed by atoms with Gasteiger partial charge in [-0.15, -0.1) is 11.3 Å². The third-order valence-electron chi connectivity index (χ3n) is 1.94. The molecule has 2 N–H and O–H groups in total. The lowest BCUT2D eigenvalue weighted by molar-refractivity contribution is 0.654. The van der Waals surface area contributed by atoms with Gasteiger partial charge in [0.15, 0.2) is 0 Å². The smallest absolute Gasteiger partial charge is 0.0730 e. The van der Waals surface area contributed by atoms with Crippen molar-refractivity contribution >= 4 is 28.5 Å². The first-order valence-electron chi connectivity index (χ1n) is 4.94. The Labute approximate surface area is 95.3 Å². The molecule has 0 aromatic carbocycles. The van der Waals surface area contributed by atoms with Crippen molar-refractivity contribution in [3.05, 3.63) is 21.9 Å². The van der Waals surface area contributed by atoms with Crippen molar-refractivity contribution in [2.75, 3.05) is 0 Å². The molecular weight excluding hydrogens is 210 g/mol. The zero-order chi connectivity index (χ0) is 10.6. The molecule has 0 aliphatic rings. The number of rotatable bonds is 5. The van der Waals surface area contributed by atoms with Gasteiger partial charge in [0, 0.05) is 16.2 Å². The monoisotopic (exact) mass is 227 g/mol. The van der Waals surface area contributed by atoms with Crippen LogP contribution in [0.15, 0.2) is 12.1 Å². The molecule has 0 unspecified atom stereocenters. The van der Waals surface area contributed by atoms with Crippen molar-refractivity contribution in [1.82, 2.24) is 0 Å². The summed E-state index contributed by atoms with van der Waals surface area (Å²) in [6.07, 6.45) is 3.01. The van der Waals surface area contributed by atoms with E-state index in [1.807, 2.05) is 11.3 Å². The minimum Gasteiger partial charge on any atom is -0.393 e. The summed E-state index contributed by atoms with van der Waals surface area (Å²) in [7, 11) is 0. The molecular formula is C11H17NS2. The van der Waals surface area contributed by atoms with Gasteiger partial charge in [0.25, 0.3) is 0 Å². The van der Waals surface area contributed by atoms with Gasteiger partial charge < -0.3 is 5.73 Å². The Balaban J connectivity index is 2.46. The summed E-state index contributed by atoms with van der Waals surface area (Å²) < 4.78 is 0. The molecule has 3 heteroatoms. The fourth-order valence-corrected chi connectivity index (χ4v) is 2.65. The molecule has 1 heterocycles. The Bertz CT molecular complexity index is 302. The van der Waals surface area contributed by atoms with Crippen LogP contribution < -0.4 is 5.73 Å². The SMILES string of the molecule is CC(C)Cc1ccc(CCC(N)=S)s1. The number of thiophene rings is 1. The second-order valence-corrected chi connectivity index (χ2v) is 5.71. The van der Waals surface area contributed by atoms with Crippen molar-refractivity contribution in [3.8, 4) is 0 Å². The van der Waals surface area contributed by atoms with Crippen molar-refractivity contribution in [2.45, 2.75) is 33.1 Å². The number of nitrogens with two attached hydrogens (primary N) is 1. The first-order chi connectivity index (χ1) is 6.58. The standard InChI is InChI=1S/C11H17NS2/c1-8(2)7-10-4-3-9(14-10)5-6-11(12)13/h3-4,8H,5-7H2,1-2H3,(H2,12,13). The largest absolute Gasteiger partial charge is 0.393 e. The van der Waals surface area contributed by atoms with Crippen LogP contribution in [0.5, 0.6) is 0 Å². The Kier molecular flexibility index (Phi) is 4.55. The number of thiocarbonyl (C=S) groups is 1. The van der Waals surface area contributed by atoms with E-state index >= 15 is 0 Å². The summed E-state index contributed by atoms with van der Waals surface area (Å²) >= 11 is 6.74. The molecule has 0 bridgehead atoms. The molecule has 0 atom stereocenters. The summed E-state index contributed by atoms with van der Waals surface area (Å²) in [5.41, 5.74) is 5.46. The Hall–Kier alpha value is -0.410. The van der Waals surface area contributed by atoms with Crippen LogP contribution in [0.2, 0.25) is 0 Å². The van der Waals surface area contributed by atoms with Crippen molar-refractivity contribution in [1.29, 1.82) is 0 Å². The van der Waals surface area contributed by atoms with E-state index < -0.39 is 0 Å². The minimum atomic E-state index is 0.615. The van der Waals surface area contributed by atoms with Gasteiger partial charge in [-0.1, -0.05) is 26.1 Å². The van der Waals surface area contributed by atoms with Crippen LogP contribution in [0.25, 0.3) is 0 Å². The van der Waals surface area contributed by atoms with E-state index in [-0.39, 0.29) is 0 Å². The van der Waals surface area contributed by atoms with Gasteiger partial charge in [-0.2, -0.15) is 0 Å². The number of hydrogen-bond acceptors (Lipinski definition) is 2. The second kappa shape index (κ2) is 5.47. The van der Waals surface area contributed by atoms with Crippen LogP contribution in [0.3, 0.4) is 0 Å². The second-order valence-electron chi connectivity index (χ2n) is 3.93. The lowest BCUT2D eigenvalue weighted by Crippen LogP contribution is -2.07. The van der Waals surface area contributed by atoms with Crippen molar-refractivity contribution < 1.29 is 0 Å². The zero-order valence-corrected chi connectivity index (χ0v) is 10.4. The van der Waals surface area contributed by atoms with E-state index in [0.717, 1.165) is 18.8 Å². The molecule has 0 saturated carbocycles. The summed E-state index contributed by atoms with van der Waals surface area (Å²) in [6, 6.07) is 4.42. The van der Waals surface area contributed by atoms with E-state index in [0.29, 0.717) is 4.99 Å². The van der Waals surface area contributed by atoms with Gasteiger partial charge in [0.2, 0.25) is 0 Å². The maximum atomic E-state index is 5.46. The molecule has 0 spiro atoms. The van der Waals surface area contributed by atoms with E-state index in [9.17, 15) is 0 Å². The van der Waals surface area contributed by atoms with Gasteiger partial charge in [0.05, 0.1) is 4.99 Å². The summed E-state index contributed by atoms with van der Waals surface area (Å²) in [6.45, 7) is 4.49.